The topological polar surface area (TPSA) is 47.6 Å². The zero-order valence-corrected chi connectivity index (χ0v) is 13.2. The highest BCUT2D eigenvalue weighted by Gasteiger charge is 2.14. The van der Waals surface area contributed by atoms with Crippen LogP contribution >= 0.6 is 0 Å². The van der Waals surface area contributed by atoms with Crippen LogP contribution in [0.3, 0.4) is 0 Å². The van der Waals surface area contributed by atoms with E-state index in [-0.39, 0.29) is 11.7 Å². The van der Waals surface area contributed by atoms with Crippen LogP contribution in [0.5, 0.6) is 11.5 Å². The molecule has 0 fully saturated rings. The van der Waals surface area contributed by atoms with Crippen LogP contribution in [0.4, 0.5) is 4.39 Å². The molecule has 1 N–H and O–H groups in total. The predicted octanol–water partition coefficient (Wildman–Crippen LogP) is 3.31. The molecule has 2 aromatic carbocycles. The second-order valence-corrected chi connectivity index (χ2v) is 5.01. The number of benzene rings is 2. The molecule has 0 saturated heterocycles. The number of halogens is 1. The van der Waals surface area contributed by atoms with Crippen molar-refractivity contribution in [2.24, 2.45) is 0 Å². The van der Waals surface area contributed by atoms with Crippen molar-refractivity contribution in [3.05, 3.63) is 59.9 Å². The second kappa shape index (κ2) is 8.17. The van der Waals surface area contributed by atoms with Crippen molar-refractivity contribution in [1.29, 1.82) is 0 Å². The molecule has 1 amide bonds. The van der Waals surface area contributed by atoms with Crippen molar-refractivity contribution in [1.82, 2.24) is 5.32 Å². The van der Waals surface area contributed by atoms with Gasteiger partial charge in [-0.15, -0.1) is 0 Å². The van der Waals surface area contributed by atoms with E-state index in [9.17, 15) is 9.18 Å². The van der Waals surface area contributed by atoms with E-state index in [4.69, 9.17) is 9.47 Å². The molecule has 1 unspecified atom stereocenters. The number of rotatable bonds is 7. The molecule has 0 heterocycles. The molecule has 122 valence electrons. The van der Waals surface area contributed by atoms with Crippen LogP contribution in [0.15, 0.2) is 48.5 Å². The lowest BCUT2D eigenvalue weighted by Gasteiger charge is -2.15. The van der Waals surface area contributed by atoms with E-state index in [0.29, 0.717) is 18.9 Å². The van der Waals surface area contributed by atoms with Gasteiger partial charge in [-0.3, -0.25) is 4.79 Å². The maximum Gasteiger partial charge on any atom is 0.261 e. The third-order valence-electron chi connectivity index (χ3n) is 3.17. The zero-order valence-electron chi connectivity index (χ0n) is 13.2. The number of amides is 1. The predicted molar refractivity (Wildman–Crippen MR) is 85.9 cm³/mol. The monoisotopic (exact) mass is 317 g/mol. The molecule has 0 aliphatic carbocycles. The molecule has 4 nitrogen and oxygen atoms in total. The molecule has 0 aliphatic heterocycles. The molecule has 0 aromatic heterocycles. The van der Waals surface area contributed by atoms with Crippen molar-refractivity contribution < 1.29 is 18.7 Å². The molecule has 23 heavy (non-hydrogen) atoms. The van der Waals surface area contributed by atoms with Gasteiger partial charge in [0, 0.05) is 6.54 Å². The number of ether oxygens (including phenoxy) is 2. The summed E-state index contributed by atoms with van der Waals surface area (Å²) >= 11 is 0. The van der Waals surface area contributed by atoms with Gasteiger partial charge in [-0.05, 0) is 55.8 Å². The minimum absolute atomic E-state index is 0.240. The van der Waals surface area contributed by atoms with Gasteiger partial charge in [0.15, 0.2) is 6.10 Å². The molecule has 2 aromatic rings. The third kappa shape index (κ3) is 5.29. The highest BCUT2D eigenvalue weighted by Crippen LogP contribution is 2.14. The Balaban J connectivity index is 1.86. The van der Waals surface area contributed by atoms with Crippen molar-refractivity contribution in [2.75, 3.05) is 6.61 Å². The van der Waals surface area contributed by atoms with Gasteiger partial charge in [-0.2, -0.15) is 0 Å². The standard InChI is InChI=1S/C18H20FNO3/c1-3-22-17-6-4-5-14(11-17)12-20-18(21)13(2)23-16-9-7-15(19)8-10-16/h4-11,13H,3,12H2,1-2H3,(H,20,21). The van der Waals surface area contributed by atoms with Gasteiger partial charge in [-0.25, -0.2) is 4.39 Å². The van der Waals surface area contributed by atoms with Crippen molar-refractivity contribution in [3.63, 3.8) is 0 Å². The van der Waals surface area contributed by atoms with Gasteiger partial charge in [0.2, 0.25) is 0 Å². The molecule has 0 aliphatic rings. The van der Waals surface area contributed by atoms with Crippen LogP contribution in [0.25, 0.3) is 0 Å². The summed E-state index contributed by atoms with van der Waals surface area (Å²) in [4.78, 5) is 12.1. The summed E-state index contributed by atoms with van der Waals surface area (Å²) < 4.78 is 23.7. The van der Waals surface area contributed by atoms with Crippen molar-refractivity contribution in [3.8, 4) is 11.5 Å². The molecule has 0 bridgehead atoms. The Morgan fingerprint density at radius 2 is 1.91 bits per heavy atom. The van der Waals surface area contributed by atoms with Gasteiger partial charge in [0.05, 0.1) is 6.61 Å². The van der Waals surface area contributed by atoms with E-state index >= 15 is 0 Å². The number of nitrogens with one attached hydrogen (secondary N) is 1. The first-order valence-corrected chi connectivity index (χ1v) is 7.50. The number of carbonyl (C=O) groups excluding carboxylic acids is 1. The average molecular weight is 317 g/mol. The fourth-order valence-corrected chi connectivity index (χ4v) is 2.02. The summed E-state index contributed by atoms with van der Waals surface area (Å²) in [5.41, 5.74) is 0.943. The van der Waals surface area contributed by atoms with E-state index in [1.807, 2.05) is 31.2 Å². The Kier molecular flexibility index (Phi) is 5.97. The molecule has 0 saturated carbocycles. The third-order valence-corrected chi connectivity index (χ3v) is 3.17. The van der Waals surface area contributed by atoms with Crippen LogP contribution in [-0.4, -0.2) is 18.6 Å². The van der Waals surface area contributed by atoms with E-state index in [0.717, 1.165) is 11.3 Å². The van der Waals surface area contributed by atoms with Gasteiger partial charge < -0.3 is 14.8 Å². The fraction of sp³-hybridized carbons (Fsp3) is 0.278. The van der Waals surface area contributed by atoms with E-state index < -0.39 is 6.10 Å². The summed E-state index contributed by atoms with van der Waals surface area (Å²) in [5, 5.41) is 2.81. The molecule has 0 spiro atoms. The van der Waals surface area contributed by atoms with Crippen molar-refractivity contribution in [2.45, 2.75) is 26.5 Å². The lowest BCUT2D eigenvalue weighted by molar-refractivity contribution is -0.127. The van der Waals surface area contributed by atoms with Gasteiger partial charge in [-0.1, -0.05) is 12.1 Å². The summed E-state index contributed by atoms with van der Waals surface area (Å²) in [5.74, 6) is 0.641. The Bertz CT molecular complexity index is 643. The van der Waals surface area contributed by atoms with Crippen LogP contribution < -0.4 is 14.8 Å². The van der Waals surface area contributed by atoms with E-state index in [1.165, 1.54) is 24.3 Å². The highest BCUT2D eigenvalue weighted by atomic mass is 19.1. The summed E-state index contributed by atoms with van der Waals surface area (Å²) in [7, 11) is 0. The van der Waals surface area contributed by atoms with Crippen LogP contribution in [0.2, 0.25) is 0 Å². The molecule has 1 atom stereocenters. The Labute approximate surface area is 135 Å². The first-order valence-electron chi connectivity index (χ1n) is 7.50. The minimum atomic E-state index is -0.671. The summed E-state index contributed by atoms with van der Waals surface area (Å²) in [6, 6.07) is 13.1. The second-order valence-electron chi connectivity index (χ2n) is 5.01. The van der Waals surface area contributed by atoms with E-state index in [1.54, 1.807) is 6.92 Å². The fourth-order valence-electron chi connectivity index (χ4n) is 2.02. The number of carbonyl (C=O) groups is 1. The van der Waals surface area contributed by atoms with Crippen LogP contribution in [0.1, 0.15) is 19.4 Å². The highest BCUT2D eigenvalue weighted by molar-refractivity contribution is 5.80. The maximum atomic E-state index is 12.8. The Hall–Kier alpha value is -2.56. The maximum absolute atomic E-state index is 12.8. The molecule has 2 rings (SSSR count). The molecule has 0 radical (unpaired) electrons. The molecular weight excluding hydrogens is 297 g/mol. The largest absolute Gasteiger partial charge is 0.494 e. The zero-order chi connectivity index (χ0) is 16.7. The van der Waals surface area contributed by atoms with Crippen LogP contribution in [-0.2, 0) is 11.3 Å². The molecular formula is C18H20FNO3. The summed E-state index contributed by atoms with van der Waals surface area (Å²) in [6.45, 7) is 4.55. The quantitative estimate of drug-likeness (QED) is 0.852. The van der Waals surface area contributed by atoms with Crippen molar-refractivity contribution >= 4 is 5.91 Å². The van der Waals surface area contributed by atoms with Crippen LogP contribution in [0, 0.1) is 5.82 Å². The van der Waals surface area contributed by atoms with Gasteiger partial charge in [0.1, 0.15) is 17.3 Å². The normalized spacial score (nSPS) is 11.6. The average Bonchev–Trinajstić information content (AvgIpc) is 2.55. The smallest absolute Gasteiger partial charge is 0.261 e. The first kappa shape index (κ1) is 16.8. The number of hydrogen-bond donors (Lipinski definition) is 1. The summed E-state index contributed by atoms with van der Waals surface area (Å²) in [6.07, 6.45) is -0.671. The lowest BCUT2D eigenvalue weighted by atomic mass is 10.2. The SMILES string of the molecule is CCOc1cccc(CNC(=O)C(C)Oc2ccc(F)cc2)c1. The Morgan fingerprint density at radius 3 is 2.61 bits per heavy atom. The van der Waals surface area contributed by atoms with Gasteiger partial charge >= 0.3 is 0 Å². The van der Waals surface area contributed by atoms with Gasteiger partial charge in [0.25, 0.3) is 5.91 Å². The Morgan fingerprint density at radius 1 is 1.17 bits per heavy atom. The molecule has 5 heteroatoms. The van der Waals surface area contributed by atoms with E-state index in [2.05, 4.69) is 5.32 Å². The lowest BCUT2D eigenvalue weighted by Crippen LogP contribution is -2.35. The number of hydrogen-bond acceptors (Lipinski definition) is 3. The first-order chi connectivity index (χ1) is 11.1. The minimum Gasteiger partial charge on any atom is -0.494 e.